The summed E-state index contributed by atoms with van der Waals surface area (Å²) in [5.74, 6) is 0.615. The van der Waals surface area contributed by atoms with Gasteiger partial charge in [0.05, 0.1) is 6.20 Å². The molecule has 0 spiro atoms. The monoisotopic (exact) mass is 255 g/mol. The fourth-order valence-corrected chi connectivity index (χ4v) is 2.87. The number of piperidine rings is 1. The number of rotatable bonds is 3. The van der Waals surface area contributed by atoms with Crippen LogP contribution in [0.3, 0.4) is 0 Å². The second-order valence-corrected chi connectivity index (χ2v) is 5.27. The maximum atomic E-state index is 4.27. The predicted octanol–water partition coefficient (Wildman–Crippen LogP) is 3.11. The number of benzene rings is 1. The molecule has 1 aliphatic rings. The third-order valence-electron chi connectivity index (χ3n) is 4.09. The van der Waals surface area contributed by atoms with Gasteiger partial charge in [-0.3, -0.25) is 5.10 Å². The van der Waals surface area contributed by atoms with Gasteiger partial charge in [-0.05, 0) is 43.5 Å². The molecule has 0 atom stereocenters. The van der Waals surface area contributed by atoms with Crippen LogP contribution >= 0.6 is 0 Å². The van der Waals surface area contributed by atoms with E-state index in [-0.39, 0.29) is 0 Å². The van der Waals surface area contributed by atoms with E-state index in [0.717, 1.165) is 19.5 Å². The van der Waals surface area contributed by atoms with Crippen LogP contribution in [0.2, 0.25) is 0 Å². The summed E-state index contributed by atoms with van der Waals surface area (Å²) in [6.45, 7) is 4.41. The second-order valence-electron chi connectivity index (χ2n) is 5.27. The Hall–Kier alpha value is -1.61. The van der Waals surface area contributed by atoms with Crippen LogP contribution in [0.25, 0.3) is 11.1 Å². The van der Waals surface area contributed by atoms with Gasteiger partial charge in [0.1, 0.15) is 0 Å². The highest BCUT2D eigenvalue weighted by atomic mass is 15.1. The maximum absolute atomic E-state index is 4.27. The van der Waals surface area contributed by atoms with E-state index in [1.54, 1.807) is 0 Å². The highest BCUT2D eigenvalue weighted by molar-refractivity contribution is 5.66. The highest BCUT2D eigenvalue weighted by Crippen LogP contribution is 2.32. The van der Waals surface area contributed by atoms with Crippen molar-refractivity contribution in [3.63, 3.8) is 0 Å². The zero-order valence-corrected chi connectivity index (χ0v) is 11.4. The number of H-pyrrole nitrogens is 1. The van der Waals surface area contributed by atoms with Crippen molar-refractivity contribution in [3.05, 3.63) is 41.7 Å². The van der Waals surface area contributed by atoms with E-state index in [1.807, 2.05) is 6.20 Å². The molecule has 3 nitrogen and oxygen atoms in total. The first-order valence-corrected chi connectivity index (χ1v) is 7.21. The summed E-state index contributed by atoms with van der Waals surface area (Å²) in [4.78, 5) is 0. The molecule has 3 heteroatoms. The molecule has 1 fully saturated rings. The molecule has 0 unspecified atom stereocenters. The molecule has 0 amide bonds. The molecule has 0 radical (unpaired) electrons. The number of nitrogens with one attached hydrogen (secondary N) is 2. The third-order valence-corrected chi connectivity index (χ3v) is 4.09. The lowest BCUT2D eigenvalue weighted by molar-refractivity contribution is 0.453. The summed E-state index contributed by atoms with van der Waals surface area (Å²) >= 11 is 0. The molecular formula is C16H21N3. The maximum Gasteiger partial charge on any atom is 0.0568 e. The van der Waals surface area contributed by atoms with Crippen molar-refractivity contribution >= 4 is 0 Å². The first kappa shape index (κ1) is 12.4. The van der Waals surface area contributed by atoms with Crippen LogP contribution in [-0.2, 0) is 6.42 Å². The standard InChI is InChI=1S/C16H21N3/c1-2-12-3-5-13(6-4-12)15-11-18-19-16(15)14-7-9-17-10-8-14/h3-6,11,14,17H,2,7-10H2,1H3,(H,18,19). The van der Waals surface area contributed by atoms with E-state index in [2.05, 4.69) is 46.7 Å². The molecule has 1 saturated heterocycles. The molecular weight excluding hydrogens is 234 g/mol. The van der Waals surface area contributed by atoms with Crippen molar-refractivity contribution in [1.29, 1.82) is 0 Å². The molecule has 0 bridgehead atoms. The van der Waals surface area contributed by atoms with Gasteiger partial charge in [-0.25, -0.2) is 0 Å². The zero-order valence-electron chi connectivity index (χ0n) is 11.4. The minimum Gasteiger partial charge on any atom is -0.317 e. The number of hydrogen-bond acceptors (Lipinski definition) is 2. The van der Waals surface area contributed by atoms with E-state index in [9.17, 15) is 0 Å². The Labute approximate surface area is 114 Å². The van der Waals surface area contributed by atoms with Gasteiger partial charge in [-0.2, -0.15) is 5.10 Å². The Morgan fingerprint density at radius 2 is 1.89 bits per heavy atom. The van der Waals surface area contributed by atoms with Gasteiger partial charge in [0.2, 0.25) is 0 Å². The van der Waals surface area contributed by atoms with Crippen LogP contribution in [-0.4, -0.2) is 23.3 Å². The number of nitrogens with zero attached hydrogens (tertiary/aromatic N) is 1. The molecule has 100 valence electrons. The van der Waals surface area contributed by atoms with E-state index in [0.29, 0.717) is 5.92 Å². The molecule has 19 heavy (non-hydrogen) atoms. The SMILES string of the molecule is CCc1ccc(-c2cn[nH]c2C2CCNCC2)cc1. The number of aromatic nitrogens is 2. The normalized spacial score (nSPS) is 16.7. The Morgan fingerprint density at radius 1 is 1.16 bits per heavy atom. The summed E-state index contributed by atoms with van der Waals surface area (Å²) in [7, 11) is 0. The Balaban J connectivity index is 1.89. The highest BCUT2D eigenvalue weighted by Gasteiger charge is 2.20. The first-order valence-electron chi connectivity index (χ1n) is 7.21. The van der Waals surface area contributed by atoms with Gasteiger partial charge in [0.15, 0.2) is 0 Å². The molecule has 2 aromatic rings. The molecule has 2 N–H and O–H groups in total. The largest absolute Gasteiger partial charge is 0.317 e. The lowest BCUT2D eigenvalue weighted by Gasteiger charge is -2.22. The topological polar surface area (TPSA) is 40.7 Å². The minimum atomic E-state index is 0.615. The van der Waals surface area contributed by atoms with Crippen LogP contribution in [0.4, 0.5) is 0 Å². The van der Waals surface area contributed by atoms with Crippen molar-refractivity contribution in [3.8, 4) is 11.1 Å². The Kier molecular flexibility index (Phi) is 3.65. The lowest BCUT2D eigenvalue weighted by Crippen LogP contribution is -2.27. The van der Waals surface area contributed by atoms with Crippen molar-refractivity contribution in [2.45, 2.75) is 32.1 Å². The van der Waals surface area contributed by atoms with Gasteiger partial charge in [-0.15, -0.1) is 0 Å². The number of aromatic amines is 1. The average Bonchev–Trinajstić information content (AvgIpc) is 2.98. The van der Waals surface area contributed by atoms with Crippen molar-refractivity contribution < 1.29 is 0 Å². The number of hydrogen-bond donors (Lipinski definition) is 2. The van der Waals surface area contributed by atoms with E-state index >= 15 is 0 Å². The van der Waals surface area contributed by atoms with E-state index in [1.165, 1.54) is 35.2 Å². The predicted molar refractivity (Wildman–Crippen MR) is 78.2 cm³/mol. The van der Waals surface area contributed by atoms with Crippen LogP contribution in [0.1, 0.15) is 36.9 Å². The molecule has 0 aliphatic carbocycles. The average molecular weight is 255 g/mol. The van der Waals surface area contributed by atoms with Gasteiger partial charge in [0.25, 0.3) is 0 Å². The summed E-state index contributed by atoms with van der Waals surface area (Å²) < 4.78 is 0. The van der Waals surface area contributed by atoms with Gasteiger partial charge >= 0.3 is 0 Å². The summed E-state index contributed by atoms with van der Waals surface area (Å²) in [6.07, 6.45) is 5.45. The van der Waals surface area contributed by atoms with Gasteiger partial charge < -0.3 is 5.32 Å². The van der Waals surface area contributed by atoms with Crippen LogP contribution in [0.15, 0.2) is 30.5 Å². The quantitative estimate of drug-likeness (QED) is 0.884. The summed E-state index contributed by atoms with van der Waals surface area (Å²) in [6, 6.07) is 8.87. The minimum absolute atomic E-state index is 0.615. The first-order chi connectivity index (χ1) is 9.38. The van der Waals surface area contributed by atoms with Crippen molar-refractivity contribution in [1.82, 2.24) is 15.5 Å². The fourth-order valence-electron chi connectivity index (χ4n) is 2.87. The molecule has 1 aliphatic heterocycles. The Morgan fingerprint density at radius 3 is 2.58 bits per heavy atom. The molecule has 3 rings (SSSR count). The van der Waals surface area contributed by atoms with Crippen LogP contribution in [0, 0.1) is 0 Å². The van der Waals surface area contributed by atoms with E-state index in [4.69, 9.17) is 0 Å². The third kappa shape index (κ3) is 2.56. The lowest BCUT2D eigenvalue weighted by atomic mass is 9.90. The van der Waals surface area contributed by atoms with E-state index < -0.39 is 0 Å². The van der Waals surface area contributed by atoms with Crippen molar-refractivity contribution in [2.24, 2.45) is 0 Å². The fraction of sp³-hybridized carbons (Fsp3) is 0.438. The summed E-state index contributed by atoms with van der Waals surface area (Å²) in [5.41, 5.74) is 5.25. The zero-order chi connectivity index (χ0) is 13.1. The second kappa shape index (κ2) is 5.57. The van der Waals surface area contributed by atoms with Gasteiger partial charge in [-0.1, -0.05) is 31.2 Å². The molecule has 1 aromatic carbocycles. The van der Waals surface area contributed by atoms with Crippen LogP contribution in [0.5, 0.6) is 0 Å². The molecule has 1 aromatic heterocycles. The van der Waals surface area contributed by atoms with Crippen molar-refractivity contribution in [2.75, 3.05) is 13.1 Å². The molecule has 0 saturated carbocycles. The smallest absolute Gasteiger partial charge is 0.0568 e. The summed E-state index contributed by atoms with van der Waals surface area (Å²) in [5, 5.41) is 10.9. The molecule has 2 heterocycles. The number of aryl methyl sites for hydroxylation is 1. The van der Waals surface area contributed by atoms with Gasteiger partial charge in [0, 0.05) is 17.2 Å². The Bertz CT molecular complexity index is 521. The van der Waals surface area contributed by atoms with Crippen LogP contribution < -0.4 is 5.32 Å².